The van der Waals surface area contributed by atoms with Crippen molar-refractivity contribution in [3.8, 4) is 5.75 Å². The molecule has 30 heavy (non-hydrogen) atoms. The van der Waals surface area contributed by atoms with Gasteiger partial charge in [-0.1, -0.05) is 26.0 Å². The maximum atomic E-state index is 12.7. The third kappa shape index (κ3) is 8.35. The Balaban J connectivity index is 2.78. The lowest BCUT2D eigenvalue weighted by Crippen LogP contribution is -2.56. The zero-order chi connectivity index (χ0) is 22.8. The Morgan fingerprint density at radius 1 is 1.07 bits per heavy atom. The van der Waals surface area contributed by atoms with E-state index in [2.05, 4.69) is 15.6 Å². The molecule has 166 valence electrons. The van der Waals surface area contributed by atoms with Crippen LogP contribution in [0.25, 0.3) is 0 Å². The number of amides is 2. The fraction of sp³-hybridized carbons (Fsp3) is 0.474. The lowest BCUT2D eigenvalue weighted by Gasteiger charge is -2.25. The first-order valence-electron chi connectivity index (χ1n) is 9.43. The van der Waals surface area contributed by atoms with Crippen LogP contribution >= 0.6 is 0 Å². The van der Waals surface area contributed by atoms with Crippen LogP contribution in [-0.4, -0.2) is 58.6 Å². The molecule has 0 spiro atoms. The molecule has 10 N–H and O–H groups in total. The zero-order valence-corrected chi connectivity index (χ0v) is 17.0. The lowest BCUT2D eigenvalue weighted by molar-refractivity contribution is -0.142. The topological polar surface area (TPSA) is 206 Å². The van der Waals surface area contributed by atoms with Gasteiger partial charge in [-0.3, -0.25) is 14.6 Å². The smallest absolute Gasteiger partial charge is 0.326 e. The lowest BCUT2D eigenvalue weighted by atomic mass is 10.0. The number of hydrogen-bond donors (Lipinski definition) is 7. The Morgan fingerprint density at radius 2 is 1.67 bits per heavy atom. The third-order valence-corrected chi connectivity index (χ3v) is 4.31. The van der Waals surface area contributed by atoms with E-state index >= 15 is 0 Å². The first kappa shape index (κ1) is 24.7. The molecule has 0 saturated carbocycles. The summed E-state index contributed by atoms with van der Waals surface area (Å²) in [5.74, 6) is -2.81. The fourth-order valence-electron chi connectivity index (χ4n) is 2.59. The van der Waals surface area contributed by atoms with Crippen molar-refractivity contribution < 1.29 is 24.6 Å². The van der Waals surface area contributed by atoms with E-state index in [1.54, 1.807) is 26.0 Å². The second-order valence-corrected chi connectivity index (χ2v) is 7.20. The Kier molecular flexibility index (Phi) is 9.56. The number of aromatic hydroxyl groups is 1. The number of aliphatic carboxylic acids is 1. The summed E-state index contributed by atoms with van der Waals surface area (Å²) in [6.45, 7) is 3.58. The summed E-state index contributed by atoms with van der Waals surface area (Å²) >= 11 is 0. The highest BCUT2D eigenvalue weighted by Gasteiger charge is 2.30. The molecule has 0 radical (unpaired) electrons. The Morgan fingerprint density at radius 3 is 2.17 bits per heavy atom. The maximum Gasteiger partial charge on any atom is 0.326 e. The second kappa shape index (κ2) is 11.6. The molecule has 0 aliphatic carbocycles. The minimum atomic E-state index is -1.22. The van der Waals surface area contributed by atoms with Gasteiger partial charge in [0.05, 0.1) is 6.04 Å². The molecule has 2 amide bonds. The molecule has 3 atom stereocenters. The van der Waals surface area contributed by atoms with Crippen molar-refractivity contribution in [2.45, 2.75) is 44.8 Å². The van der Waals surface area contributed by atoms with Crippen molar-refractivity contribution in [2.75, 3.05) is 6.54 Å². The summed E-state index contributed by atoms with van der Waals surface area (Å²) in [5, 5.41) is 23.8. The van der Waals surface area contributed by atoms with Gasteiger partial charge >= 0.3 is 5.97 Å². The average Bonchev–Trinajstić information content (AvgIpc) is 2.66. The first-order valence-corrected chi connectivity index (χ1v) is 9.43. The van der Waals surface area contributed by atoms with E-state index in [0.29, 0.717) is 5.56 Å². The fourth-order valence-corrected chi connectivity index (χ4v) is 2.59. The summed E-state index contributed by atoms with van der Waals surface area (Å²) in [5.41, 5.74) is 16.9. The van der Waals surface area contributed by atoms with Crippen molar-refractivity contribution in [3.63, 3.8) is 0 Å². The SMILES string of the molecule is CC(C)[C@H](NC(=O)[C@@H](N)CCN=C(N)N)C(=O)N[C@@H](Cc1ccc(O)cc1)C(=O)O. The number of hydrogen-bond acceptors (Lipinski definition) is 6. The van der Waals surface area contributed by atoms with E-state index in [0.717, 1.165) is 0 Å². The number of phenols is 1. The van der Waals surface area contributed by atoms with Crippen LogP contribution in [0.4, 0.5) is 0 Å². The number of nitrogens with zero attached hydrogens (tertiary/aromatic N) is 1. The largest absolute Gasteiger partial charge is 0.508 e. The molecule has 0 heterocycles. The summed E-state index contributed by atoms with van der Waals surface area (Å²) in [7, 11) is 0. The molecule has 11 nitrogen and oxygen atoms in total. The van der Waals surface area contributed by atoms with E-state index in [4.69, 9.17) is 17.2 Å². The summed E-state index contributed by atoms with van der Waals surface area (Å²) in [6.07, 6.45) is 0.187. The van der Waals surface area contributed by atoms with E-state index in [-0.39, 0.29) is 37.0 Å². The van der Waals surface area contributed by atoms with E-state index in [9.17, 15) is 24.6 Å². The highest BCUT2D eigenvalue weighted by molar-refractivity contribution is 5.92. The van der Waals surface area contributed by atoms with Crippen molar-refractivity contribution >= 4 is 23.7 Å². The van der Waals surface area contributed by atoms with Gasteiger partial charge in [-0.05, 0) is 30.0 Å². The van der Waals surface area contributed by atoms with Gasteiger partial charge in [-0.2, -0.15) is 0 Å². The normalized spacial score (nSPS) is 13.7. The standard InChI is InChI=1S/C19H30N6O5/c1-10(2)15(25-16(27)13(20)7-8-23-19(21)22)17(28)24-14(18(29)30)9-11-3-5-12(26)6-4-11/h3-6,10,13-15,26H,7-9,20H2,1-2H3,(H,24,28)(H,25,27)(H,29,30)(H4,21,22,23)/t13-,14-,15-/m0/s1. The van der Waals surface area contributed by atoms with Gasteiger partial charge in [0.25, 0.3) is 0 Å². The molecule has 1 aromatic carbocycles. The second-order valence-electron chi connectivity index (χ2n) is 7.20. The maximum absolute atomic E-state index is 12.7. The number of carboxylic acid groups (broad SMARTS) is 1. The van der Waals surface area contributed by atoms with Crippen LogP contribution in [0.3, 0.4) is 0 Å². The Bertz CT molecular complexity index is 761. The van der Waals surface area contributed by atoms with Crippen molar-refractivity contribution in [3.05, 3.63) is 29.8 Å². The highest BCUT2D eigenvalue weighted by atomic mass is 16.4. The molecule has 1 rings (SSSR count). The number of phenolic OH excluding ortho intramolecular Hbond substituents is 1. The van der Waals surface area contributed by atoms with Gasteiger partial charge in [-0.25, -0.2) is 4.79 Å². The van der Waals surface area contributed by atoms with Crippen molar-refractivity contribution in [2.24, 2.45) is 28.1 Å². The van der Waals surface area contributed by atoms with Gasteiger partial charge in [-0.15, -0.1) is 0 Å². The van der Waals surface area contributed by atoms with Crippen LogP contribution in [0.15, 0.2) is 29.3 Å². The van der Waals surface area contributed by atoms with Crippen LogP contribution in [0.5, 0.6) is 5.75 Å². The van der Waals surface area contributed by atoms with Gasteiger partial charge in [0, 0.05) is 13.0 Å². The summed E-state index contributed by atoms with van der Waals surface area (Å²) in [4.78, 5) is 40.3. The van der Waals surface area contributed by atoms with Crippen LogP contribution in [-0.2, 0) is 20.8 Å². The predicted molar refractivity (Wildman–Crippen MR) is 111 cm³/mol. The first-order chi connectivity index (χ1) is 14.0. The van der Waals surface area contributed by atoms with E-state index in [1.165, 1.54) is 12.1 Å². The summed E-state index contributed by atoms with van der Waals surface area (Å²) < 4.78 is 0. The molecule has 0 saturated heterocycles. The molecular weight excluding hydrogens is 392 g/mol. The minimum Gasteiger partial charge on any atom is -0.508 e. The number of rotatable bonds is 11. The summed E-state index contributed by atoms with van der Waals surface area (Å²) in [6, 6.07) is 2.86. The minimum absolute atomic E-state index is 0.0120. The van der Waals surface area contributed by atoms with Crippen LogP contribution < -0.4 is 27.8 Å². The third-order valence-electron chi connectivity index (χ3n) is 4.31. The monoisotopic (exact) mass is 422 g/mol. The van der Waals surface area contributed by atoms with Gasteiger partial charge < -0.3 is 38.0 Å². The van der Waals surface area contributed by atoms with Crippen LogP contribution in [0, 0.1) is 5.92 Å². The van der Waals surface area contributed by atoms with Gasteiger partial charge in [0.2, 0.25) is 11.8 Å². The molecule has 0 unspecified atom stereocenters. The van der Waals surface area contributed by atoms with Crippen molar-refractivity contribution in [1.29, 1.82) is 0 Å². The molecule has 0 aliphatic heterocycles. The van der Waals surface area contributed by atoms with Crippen LogP contribution in [0.2, 0.25) is 0 Å². The number of nitrogens with two attached hydrogens (primary N) is 3. The van der Waals surface area contributed by atoms with Gasteiger partial charge in [0.15, 0.2) is 5.96 Å². The Labute approximate surface area is 174 Å². The predicted octanol–water partition coefficient (Wildman–Crippen LogP) is -1.36. The van der Waals surface area contributed by atoms with E-state index in [1.807, 2.05) is 0 Å². The number of guanidine groups is 1. The molecule has 0 aliphatic rings. The highest BCUT2D eigenvalue weighted by Crippen LogP contribution is 2.12. The molecule has 0 aromatic heterocycles. The Hall–Kier alpha value is -3.34. The number of carboxylic acids is 1. The number of carbonyl (C=O) groups excluding carboxylic acids is 2. The molecule has 0 fully saturated rings. The molecule has 11 heteroatoms. The molecule has 1 aromatic rings. The number of carbonyl (C=O) groups is 3. The number of benzene rings is 1. The molecular formula is C19H30N6O5. The average molecular weight is 422 g/mol. The van der Waals surface area contributed by atoms with Crippen molar-refractivity contribution in [1.82, 2.24) is 10.6 Å². The molecule has 0 bridgehead atoms. The van der Waals surface area contributed by atoms with Crippen LogP contribution in [0.1, 0.15) is 25.8 Å². The number of nitrogens with one attached hydrogen (secondary N) is 2. The quantitative estimate of drug-likeness (QED) is 0.167. The van der Waals surface area contributed by atoms with E-state index < -0.39 is 35.9 Å². The van der Waals surface area contributed by atoms with Gasteiger partial charge in [0.1, 0.15) is 17.8 Å². The number of aliphatic imine (C=N–C) groups is 1. The zero-order valence-electron chi connectivity index (χ0n) is 17.0.